The highest BCUT2D eigenvalue weighted by atomic mass is 16.6. The van der Waals surface area contributed by atoms with Gasteiger partial charge < -0.3 is 31.2 Å². The van der Waals surface area contributed by atoms with Crippen molar-refractivity contribution in [2.24, 2.45) is 5.73 Å². The fourth-order valence-corrected chi connectivity index (χ4v) is 1.95. The van der Waals surface area contributed by atoms with Gasteiger partial charge in [-0.1, -0.05) is 30.8 Å². The van der Waals surface area contributed by atoms with Crippen molar-refractivity contribution in [2.75, 3.05) is 26.4 Å². The number of amides is 2. The van der Waals surface area contributed by atoms with E-state index < -0.39 is 5.97 Å². The lowest BCUT2D eigenvalue weighted by atomic mass is 10.1. The van der Waals surface area contributed by atoms with Gasteiger partial charge in [0.1, 0.15) is 6.61 Å². The summed E-state index contributed by atoms with van der Waals surface area (Å²) < 4.78 is 10.1. The second-order valence-corrected chi connectivity index (χ2v) is 5.73. The predicted molar refractivity (Wildman–Crippen MR) is 102 cm³/mol. The fourth-order valence-electron chi connectivity index (χ4n) is 1.95. The van der Waals surface area contributed by atoms with Crippen molar-refractivity contribution in [3.05, 3.63) is 47.5 Å². The van der Waals surface area contributed by atoms with E-state index >= 15 is 0 Å². The van der Waals surface area contributed by atoms with E-state index in [9.17, 15) is 9.59 Å². The van der Waals surface area contributed by atoms with Crippen molar-refractivity contribution in [2.45, 2.75) is 20.0 Å². The molecule has 9 nitrogen and oxygen atoms in total. The molecule has 0 fully saturated rings. The molecule has 0 aliphatic carbocycles. The maximum Gasteiger partial charge on any atom is 0.333 e. The summed E-state index contributed by atoms with van der Waals surface area (Å²) in [5.74, 6) is -0.536. The van der Waals surface area contributed by atoms with Crippen LogP contribution in [-0.2, 0) is 27.4 Å². The van der Waals surface area contributed by atoms with Crippen molar-refractivity contribution in [3.63, 3.8) is 0 Å². The Morgan fingerprint density at radius 2 is 1.78 bits per heavy atom. The first-order valence-electron chi connectivity index (χ1n) is 8.46. The Balaban J connectivity index is 2.13. The molecule has 1 aromatic carbocycles. The molecule has 0 saturated carbocycles. The standard InChI is InChI=1S/C18H27N5O4/c1-13(2)16(24)27-9-8-26-7-6-21-18(25)23-12-15-5-3-4-14(10-15)11-22-17(19)20/h3-5,10H,1,6-9,11-12H2,2H3,(H4,19,20,22)(H2,21,23,25). The lowest BCUT2D eigenvalue weighted by molar-refractivity contribution is -0.140. The topological polar surface area (TPSA) is 139 Å². The van der Waals surface area contributed by atoms with Crippen molar-refractivity contribution >= 4 is 18.0 Å². The molecule has 0 heterocycles. The molecule has 0 spiro atoms. The lowest BCUT2D eigenvalue weighted by Crippen LogP contribution is -2.37. The summed E-state index contributed by atoms with van der Waals surface area (Å²) in [5.41, 5.74) is 7.50. The van der Waals surface area contributed by atoms with E-state index in [1.54, 1.807) is 6.92 Å². The molecule has 2 amide bonds. The second-order valence-electron chi connectivity index (χ2n) is 5.73. The summed E-state index contributed by atoms with van der Waals surface area (Å²) in [6, 6.07) is 7.29. The van der Waals surface area contributed by atoms with Crippen molar-refractivity contribution in [1.82, 2.24) is 16.0 Å². The van der Waals surface area contributed by atoms with Gasteiger partial charge in [0.15, 0.2) is 5.96 Å². The van der Waals surface area contributed by atoms with Crippen LogP contribution in [0.25, 0.3) is 0 Å². The number of benzene rings is 1. The van der Waals surface area contributed by atoms with Gasteiger partial charge in [0.25, 0.3) is 0 Å². The molecule has 148 valence electrons. The maximum atomic E-state index is 11.8. The Hall–Kier alpha value is -3.07. The molecule has 0 unspecified atom stereocenters. The number of nitrogens with two attached hydrogens (primary N) is 1. The number of carbonyl (C=O) groups is 2. The zero-order valence-electron chi connectivity index (χ0n) is 15.5. The Morgan fingerprint density at radius 1 is 1.11 bits per heavy atom. The highest BCUT2D eigenvalue weighted by Crippen LogP contribution is 2.04. The Labute approximate surface area is 158 Å². The third-order valence-corrected chi connectivity index (χ3v) is 3.27. The van der Waals surface area contributed by atoms with Gasteiger partial charge in [-0.15, -0.1) is 0 Å². The van der Waals surface area contributed by atoms with Gasteiger partial charge in [-0.05, 0) is 18.1 Å². The largest absolute Gasteiger partial charge is 0.460 e. The van der Waals surface area contributed by atoms with Crippen LogP contribution in [0.1, 0.15) is 18.1 Å². The molecule has 1 aromatic rings. The number of rotatable bonds is 11. The summed E-state index contributed by atoms with van der Waals surface area (Å²) in [6.07, 6.45) is 0. The zero-order chi connectivity index (χ0) is 20.1. The van der Waals surface area contributed by atoms with E-state index in [-0.39, 0.29) is 25.2 Å². The van der Waals surface area contributed by atoms with Crippen LogP contribution in [0, 0.1) is 5.41 Å². The van der Waals surface area contributed by atoms with Crippen LogP contribution in [0.3, 0.4) is 0 Å². The lowest BCUT2D eigenvalue weighted by Gasteiger charge is -2.10. The summed E-state index contributed by atoms with van der Waals surface area (Å²) in [5, 5.41) is 15.3. The minimum absolute atomic E-state index is 0.0888. The van der Waals surface area contributed by atoms with Crippen LogP contribution in [0.4, 0.5) is 4.79 Å². The molecule has 1 rings (SSSR count). The van der Waals surface area contributed by atoms with E-state index in [4.69, 9.17) is 20.6 Å². The minimum Gasteiger partial charge on any atom is -0.460 e. The molecule has 6 N–H and O–H groups in total. The normalized spacial score (nSPS) is 9.96. The number of guanidine groups is 1. The molecule has 0 aromatic heterocycles. The zero-order valence-corrected chi connectivity index (χ0v) is 15.5. The summed E-state index contributed by atoms with van der Waals surface area (Å²) in [4.78, 5) is 22.9. The van der Waals surface area contributed by atoms with E-state index in [0.29, 0.717) is 31.8 Å². The Morgan fingerprint density at radius 3 is 2.41 bits per heavy atom. The molecular formula is C18H27N5O4. The number of carbonyl (C=O) groups excluding carboxylic acids is 2. The number of hydrogen-bond acceptors (Lipinski definition) is 5. The van der Waals surface area contributed by atoms with Gasteiger partial charge in [-0.3, -0.25) is 5.41 Å². The van der Waals surface area contributed by atoms with E-state index in [0.717, 1.165) is 11.1 Å². The summed E-state index contributed by atoms with van der Waals surface area (Å²) in [6.45, 7) is 6.92. The number of nitrogens with one attached hydrogen (secondary N) is 4. The van der Waals surface area contributed by atoms with Crippen LogP contribution >= 0.6 is 0 Å². The first-order chi connectivity index (χ1) is 12.9. The van der Waals surface area contributed by atoms with Crippen LogP contribution in [0.15, 0.2) is 36.4 Å². The smallest absolute Gasteiger partial charge is 0.333 e. The van der Waals surface area contributed by atoms with Crippen LogP contribution in [-0.4, -0.2) is 44.3 Å². The van der Waals surface area contributed by atoms with Gasteiger partial charge in [0, 0.05) is 25.2 Å². The Bertz CT molecular complexity index is 663. The quantitative estimate of drug-likeness (QED) is 0.126. The molecule has 0 aliphatic rings. The number of urea groups is 1. The fraction of sp³-hybridized carbons (Fsp3) is 0.389. The molecule has 0 radical (unpaired) electrons. The Kier molecular flexibility index (Phi) is 10.0. The van der Waals surface area contributed by atoms with E-state index in [2.05, 4.69) is 22.5 Å². The minimum atomic E-state index is -0.447. The third kappa shape index (κ3) is 10.5. The molecule has 0 aliphatic heterocycles. The first-order valence-corrected chi connectivity index (χ1v) is 8.46. The monoisotopic (exact) mass is 377 g/mol. The van der Waals surface area contributed by atoms with Crippen molar-refractivity contribution < 1.29 is 19.1 Å². The highest BCUT2D eigenvalue weighted by Gasteiger charge is 2.03. The SMILES string of the molecule is C=C(C)C(=O)OCCOCCNC(=O)NCc1cccc(CNC(=N)N)c1. The van der Waals surface area contributed by atoms with Gasteiger partial charge >= 0.3 is 12.0 Å². The molecule has 0 bridgehead atoms. The molecule has 0 atom stereocenters. The average Bonchev–Trinajstić information content (AvgIpc) is 2.64. The summed E-state index contributed by atoms with van der Waals surface area (Å²) >= 11 is 0. The van der Waals surface area contributed by atoms with Crippen LogP contribution in [0.2, 0.25) is 0 Å². The second kappa shape index (κ2) is 12.3. The third-order valence-electron chi connectivity index (χ3n) is 3.27. The first kappa shape index (κ1) is 22.0. The van der Waals surface area contributed by atoms with Crippen molar-refractivity contribution in [3.8, 4) is 0 Å². The summed E-state index contributed by atoms with van der Waals surface area (Å²) in [7, 11) is 0. The van der Waals surface area contributed by atoms with Crippen molar-refractivity contribution in [1.29, 1.82) is 5.41 Å². The predicted octanol–water partition coefficient (Wildman–Crippen LogP) is 0.605. The van der Waals surface area contributed by atoms with Crippen LogP contribution in [0.5, 0.6) is 0 Å². The molecule has 27 heavy (non-hydrogen) atoms. The molecule has 9 heteroatoms. The number of esters is 1. The van der Waals surface area contributed by atoms with Gasteiger partial charge in [0.05, 0.1) is 13.2 Å². The van der Waals surface area contributed by atoms with Gasteiger partial charge in [0.2, 0.25) is 0 Å². The molecular weight excluding hydrogens is 350 g/mol. The average molecular weight is 377 g/mol. The van der Waals surface area contributed by atoms with E-state index in [1.165, 1.54) is 0 Å². The van der Waals surface area contributed by atoms with Gasteiger partial charge in [-0.2, -0.15) is 0 Å². The van der Waals surface area contributed by atoms with Crippen LogP contribution < -0.4 is 21.7 Å². The van der Waals surface area contributed by atoms with E-state index in [1.807, 2.05) is 24.3 Å². The number of ether oxygens (including phenoxy) is 2. The molecule has 0 saturated heterocycles. The number of hydrogen-bond donors (Lipinski definition) is 5. The van der Waals surface area contributed by atoms with Gasteiger partial charge in [-0.25, -0.2) is 9.59 Å². The highest BCUT2D eigenvalue weighted by molar-refractivity contribution is 5.86. The maximum absolute atomic E-state index is 11.8.